The van der Waals surface area contributed by atoms with Crippen LogP contribution in [0.4, 0.5) is 18.9 Å². The molecule has 0 atom stereocenters. The smallest absolute Gasteiger partial charge is 0.416 e. The molecule has 0 amide bonds. The monoisotopic (exact) mass is 463 g/mol. The molecule has 0 N–H and O–H groups in total. The molecule has 0 bridgehead atoms. The molecule has 0 saturated carbocycles. The van der Waals surface area contributed by atoms with Crippen molar-refractivity contribution in [2.75, 3.05) is 18.8 Å². The van der Waals surface area contributed by atoms with Crippen molar-refractivity contribution in [1.29, 1.82) is 0 Å². The highest BCUT2D eigenvalue weighted by Gasteiger charge is 2.31. The number of hydrogen-bond acceptors (Lipinski definition) is 5. The van der Waals surface area contributed by atoms with Gasteiger partial charge in [0.2, 0.25) is 0 Å². The van der Waals surface area contributed by atoms with Crippen LogP contribution in [0.25, 0.3) is 6.08 Å². The van der Waals surface area contributed by atoms with Crippen molar-refractivity contribution in [3.05, 3.63) is 68.7 Å². The summed E-state index contributed by atoms with van der Waals surface area (Å²) in [5.41, 5.74) is -1.45. The van der Waals surface area contributed by atoms with Gasteiger partial charge in [0.05, 0.1) is 45.8 Å². The maximum absolute atomic E-state index is 12.6. The number of nitro groups is 1. The van der Waals surface area contributed by atoms with Gasteiger partial charge in [-0.3, -0.25) is 10.1 Å². The van der Waals surface area contributed by atoms with Crippen molar-refractivity contribution in [1.82, 2.24) is 0 Å². The number of rotatable bonds is 5. The zero-order chi connectivity index (χ0) is 23.1. The predicted molar refractivity (Wildman–Crippen MR) is 109 cm³/mol. The van der Waals surface area contributed by atoms with Crippen LogP contribution in [0.5, 0.6) is 11.5 Å². The highest BCUT2D eigenvalue weighted by atomic mass is 35.5. The standard InChI is InChI=1S/C16H9ClF3NO5.C3H9S/c17-12-8-10(16(18,19)20)2-5-14(12)26-11-3-4-13(21(24)25)9(7-11)1-6-15(22)23;1-4(2)3/h1-8H,(H,22,23);1-3H3/q;+1/p-1. The lowest BCUT2D eigenvalue weighted by Crippen LogP contribution is -2.18. The number of carbonyl (C=O) groups excluding carboxylic acids is 1. The van der Waals surface area contributed by atoms with Gasteiger partial charge < -0.3 is 14.6 Å². The Balaban J connectivity index is 0.00000103. The van der Waals surface area contributed by atoms with Crippen molar-refractivity contribution >= 4 is 40.2 Å². The molecule has 0 aliphatic rings. The molecule has 0 saturated heterocycles. The third-order valence-corrected chi connectivity index (χ3v) is 3.38. The van der Waals surface area contributed by atoms with Crippen LogP contribution in [-0.4, -0.2) is 29.7 Å². The second-order valence-corrected chi connectivity index (χ2v) is 8.96. The molecule has 0 aromatic heterocycles. The minimum absolute atomic E-state index is 0.00950. The van der Waals surface area contributed by atoms with Crippen LogP contribution in [0.3, 0.4) is 0 Å². The summed E-state index contributed by atoms with van der Waals surface area (Å²) >= 11 is 5.78. The molecular formula is C19H17ClF3NO5S. The zero-order valence-electron chi connectivity index (χ0n) is 16.0. The topological polar surface area (TPSA) is 92.5 Å². The number of ether oxygens (including phenoxy) is 1. The summed E-state index contributed by atoms with van der Waals surface area (Å²) in [7, 11) is 0.639. The molecule has 0 heterocycles. The van der Waals surface area contributed by atoms with E-state index in [1.807, 2.05) is 0 Å². The molecule has 0 fully saturated rings. The summed E-state index contributed by atoms with van der Waals surface area (Å²) in [6.07, 6.45) is 3.55. The average molecular weight is 464 g/mol. The number of alkyl halides is 3. The Morgan fingerprint density at radius 3 is 2.23 bits per heavy atom. The first kappa shape index (κ1) is 25.3. The first-order chi connectivity index (χ1) is 13.8. The molecule has 0 unspecified atom stereocenters. The summed E-state index contributed by atoms with van der Waals surface area (Å²) in [6.45, 7) is 0. The first-order valence-electron chi connectivity index (χ1n) is 8.02. The lowest BCUT2D eigenvalue weighted by Gasteiger charge is -2.11. The van der Waals surface area contributed by atoms with E-state index in [0.29, 0.717) is 23.0 Å². The molecule has 6 nitrogen and oxygen atoms in total. The van der Waals surface area contributed by atoms with Crippen LogP contribution in [0.15, 0.2) is 42.5 Å². The van der Waals surface area contributed by atoms with Gasteiger partial charge in [-0.15, -0.1) is 0 Å². The van der Waals surface area contributed by atoms with E-state index in [-0.39, 0.29) is 22.1 Å². The van der Waals surface area contributed by atoms with Gasteiger partial charge in [-0.1, -0.05) is 11.6 Å². The number of carbonyl (C=O) groups is 1. The summed E-state index contributed by atoms with van der Waals surface area (Å²) in [4.78, 5) is 20.7. The van der Waals surface area contributed by atoms with Gasteiger partial charge in [0.1, 0.15) is 11.5 Å². The fourth-order valence-corrected chi connectivity index (χ4v) is 2.16. The summed E-state index contributed by atoms with van der Waals surface area (Å²) in [6, 6.07) is 5.85. The maximum atomic E-state index is 12.6. The van der Waals surface area contributed by atoms with Crippen LogP contribution in [0, 0.1) is 10.1 Å². The average Bonchev–Trinajstić information content (AvgIpc) is 2.60. The van der Waals surface area contributed by atoms with Crippen LogP contribution < -0.4 is 9.84 Å². The predicted octanol–water partition coefficient (Wildman–Crippen LogP) is 4.32. The summed E-state index contributed by atoms with van der Waals surface area (Å²) in [5.74, 6) is -1.66. The number of halogens is 4. The van der Waals surface area contributed by atoms with E-state index >= 15 is 0 Å². The fraction of sp³-hybridized carbons (Fsp3) is 0.211. The van der Waals surface area contributed by atoms with Gasteiger partial charge >= 0.3 is 6.18 Å². The Bertz CT molecular complexity index is 945. The summed E-state index contributed by atoms with van der Waals surface area (Å²) in [5, 5.41) is 21.1. The van der Waals surface area contributed by atoms with Crippen molar-refractivity contribution in [2.45, 2.75) is 6.18 Å². The SMILES string of the molecule is C[S+](C)C.O=C([O-])C=Cc1cc(Oc2ccc(C(F)(F)F)cc2Cl)ccc1[N+](=O)[O-]. The number of carboxylic acids is 1. The van der Waals surface area contributed by atoms with Gasteiger partial charge in [0.15, 0.2) is 0 Å². The Morgan fingerprint density at radius 2 is 1.77 bits per heavy atom. The van der Waals surface area contributed by atoms with E-state index in [9.17, 15) is 33.2 Å². The number of aliphatic carboxylic acids is 1. The first-order valence-corrected chi connectivity index (χ1v) is 10.9. The molecule has 11 heteroatoms. The molecule has 2 aromatic carbocycles. The molecule has 0 aliphatic carbocycles. The Kier molecular flexibility index (Phi) is 9.19. The number of benzene rings is 2. The van der Waals surface area contributed by atoms with Gasteiger partial charge in [-0.25, -0.2) is 0 Å². The molecule has 162 valence electrons. The highest BCUT2D eigenvalue weighted by molar-refractivity contribution is 7.94. The Hall–Kier alpha value is -2.72. The maximum Gasteiger partial charge on any atom is 0.416 e. The van der Waals surface area contributed by atoms with Crippen LogP contribution in [0.1, 0.15) is 11.1 Å². The second kappa shape index (κ2) is 10.9. The number of nitrogens with zero attached hydrogens (tertiary/aromatic N) is 1. The van der Waals surface area contributed by atoms with Crippen LogP contribution >= 0.6 is 11.6 Å². The van der Waals surface area contributed by atoms with Crippen molar-refractivity contribution in [2.24, 2.45) is 0 Å². The molecule has 30 heavy (non-hydrogen) atoms. The second-order valence-electron chi connectivity index (χ2n) is 6.10. The minimum atomic E-state index is -4.57. The lowest BCUT2D eigenvalue weighted by molar-refractivity contribution is -0.385. The van der Waals surface area contributed by atoms with Gasteiger partial charge in [-0.2, -0.15) is 13.2 Å². The van der Waals surface area contributed by atoms with Gasteiger partial charge in [0.25, 0.3) is 5.69 Å². The van der Waals surface area contributed by atoms with E-state index < -0.39 is 28.3 Å². The van der Waals surface area contributed by atoms with Crippen LogP contribution in [-0.2, 0) is 21.9 Å². The summed E-state index contributed by atoms with van der Waals surface area (Å²) < 4.78 is 43.2. The minimum Gasteiger partial charge on any atom is -0.545 e. The fourth-order valence-electron chi connectivity index (χ4n) is 1.94. The Labute approximate surface area is 178 Å². The van der Waals surface area contributed by atoms with Gasteiger partial charge in [0, 0.05) is 6.07 Å². The molecule has 0 radical (unpaired) electrons. The van der Waals surface area contributed by atoms with Crippen molar-refractivity contribution < 1.29 is 32.7 Å². The van der Waals surface area contributed by atoms with Crippen LogP contribution in [0.2, 0.25) is 5.02 Å². The van der Waals surface area contributed by atoms with E-state index in [1.165, 1.54) is 6.07 Å². The quantitative estimate of drug-likeness (QED) is 0.285. The van der Waals surface area contributed by atoms with E-state index in [4.69, 9.17) is 16.3 Å². The number of carboxylic acid groups (broad SMARTS) is 1. The largest absolute Gasteiger partial charge is 0.545 e. The third-order valence-electron chi connectivity index (χ3n) is 3.08. The molecule has 2 rings (SSSR count). The number of hydrogen-bond donors (Lipinski definition) is 0. The normalized spacial score (nSPS) is 11.2. The van der Waals surface area contributed by atoms with E-state index in [0.717, 1.165) is 30.3 Å². The highest BCUT2D eigenvalue weighted by Crippen LogP contribution is 2.37. The number of nitro benzene ring substituents is 1. The van der Waals surface area contributed by atoms with E-state index in [2.05, 4.69) is 18.8 Å². The third kappa shape index (κ3) is 8.34. The van der Waals surface area contributed by atoms with E-state index in [1.54, 1.807) is 0 Å². The van der Waals surface area contributed by atoms with Crippen molar-refractivity contribution in [3.8, 4) is 11.5 Å². The zero-order valence-corrected chi connectivity index (χ0v) is 17.6. The van der Waals surface area contributed by atoms with Gasteiger partial charge in [-0.05, 0) is 53.4 Å². The lowest BCUT2D eigenvalue weighted by atomic mass is 10.1. The Morgan fingerprint density at radius 1 is 1.17 bits per heavy atom. The molecule has 0 aliphatic heterocycles. The van der Waals surface area contributed by atoms with Crippen molar-refractivity contribution in [3.63, 3.8) is 0 Å². The molecule has 0 spiro atoms. The molecule has 2 aromatic rings. The molecular weight excluding hydrogens is 447 g/mol.